The number of halogens is 1. The molecule has 0 rings (SSSR count). The van der Waals surface area contributed by atoms with E-state index in [1.54, 1.807) is 0 Å². The summed E-state index contributed by atoms with van der Waals surface area (Å²) in [6.45, 7) is 2.17. The first kappa shape index (κ1) is 7.72. The van der Waals surface area contributed by atoms with Gasteiger partial charge < -0.3 is 4.74 Å². The molecule has 0 aliphatic carbocycles. The number of rotatable bonds is 3. The Balaban J connectivity index is 2.82. The quantitative estimate of drug-likeness (QED) is 0.345. The predicted octanol–water partition coefficient (Wildman–Crippen LogP) is 0.293. The van der Waals surface area contributed by atoms with Gasteiger partial charge in [-0.25, -0.2) is 4.84 Å². The standard InChI is InChI=1S/C4H8ClNO2/c1-4(7)8-3-2-6-5/h6H,2-3H2,1H3. The molecule has 48 valence electrons. The Morgan fingerprint density at radius 2 is 2.50 bits per heavy atom. The van der Waals surface area contributed by atoms with Crippen LogP contribution in [0.1, 0.15) is 6.92 Å². The van der Waals surface area contributed by atoms with Gasteiger partial charge in [0.15, 0.2) is 0 Å². The number of hydrogen-bond acceptors (Lipinski definition) is 3. The van der Waals surface area contributed by atoms with Crippen molar-refractivity contribution in [2.75, 3.05) is 13.2 Å². The van der Waals surface area contributed by atoms with E-state index < -0.39 is 0 Å². The second kappa shape index (κ2) is 4.87. The van der Waals surface area contributed by atoms with Crippen LogP contribution < -0.4 is 4.84 Å². The van der Waals surface area contributed by atoms with Crippen LogP contribution in [-0.4, -0.2) is 19.1 Å². The SMILES string of the molecule is CC(=O)OCCNCl. The summed E-state index contributed by atoms with van der Waals surface area (Å²) >= 11 is 5.04. The summed E-state index contributed by atoms with van der Waals surface area (Å²) in [5.74, 6) is -0.281. The molecule has 0 aromatic carbocycles. The van der Waals surface area contributed by atoms with E-state index in [1.165, 1.54) is 6.92 Å². The van der Waals surface area contributed by atoms with Crippen LogP contribution in [0.15, 0.2) is 0 Å². The molecule has 0 fully saturated rings. The minimum Gasteiger partial charge on any atom is -0.464 e. The zero-order valence-electron chi connectivity index (χ0n) is 4.61. The molecule has 3 nitrogen and oxygen atoms in total. The van der Waals surface area contributed by atoms with Crippen LogP contribution in [0.4, 0.5) is 0 Å². The van der Waals surface area contributed by atoms with E-state index in [-0.39, 0.29) is 5.97 Å². The molecule has 0 saturated heterocycles. The van der Waals surface area contributed by atoms with Crippen molar-refractivity contribution in [2.24, 2.45) is 0 Å². The van der Waals surface area contributed by atoms with Crippen molar-refractivity contribution in [1.29, 1.82) is 0 Å². The van der Waals surface area contributed by atoms with E-state index in [0.29, 0.717) is 13.2 Å². The van der Waals surface area contributed by atoms with Gasteiger partial charge in [0.1, 0.15) is 6.61 Å². The van der Waals surface area contributed by atoms with E-state index in [9.17, 15) is 4.79 Å². The average molecular weight is 138 g/mol. The molecule has 0 aromatic rings. The predicted molar refractivity (Wildman–Crippen MR) is 30.5 cm³/mol. The molecule has 0 atom stereocenters. The topological polar surface area (TPSA) is 38.3 Å². The van der Waals surface area contributed by atoms with Crippen LogP contribution in [0.25, 0.3) is 0 Å². The minimum absolute atomic E-state index is 0.281. The maximum absolute atomic E-state index is 10.0. The van der Waals surface area contributed by atoms with Crippen molar-refractivity contribution in [3.8, 4) is 0 Å². The van der Waals surface area contributed by atoms with Crippen molar-refractivity contribution in [2.45, 2.75) is 6.92 Å². The van der Waals surface area contributed by atoms with Gasteiger partial charge in [-0.1, -0.05) is 0 Å². The summed E-state index contributed by atoms with van der Waals surface area (Å²) in [5, 5.41) is 0. The number of nitrogens with one attached hydrogen (secondary N) is 1. The van der Waals surface area contributed by atoms with E-state index in [1.807, 2.05) is 0 Å². The van der Waals surface area contributed by atoms with Gasteiger partial charge in [0.05, 0.1) is 0 Å². The van der Waals surface area contributed by atoms with Crippen molar-refractivity contribution in [3.63, 3.8) is 0 Å². The lowest BCUT2D eigenvalue weighted by molar-refractivity contribution is -0.140. The van der Waals surface area contributed by atoms with Gasteiger partial charge >= 0.3 is 5.97 Å². The molecule has 0 aliphatic rings. The number of hydrogen-bond donors (Lipinski definition) is 1. The molecule has 0 spiro atoms. The Morgan fingerprint density at radius 1 is 1.88 bits per heavy atom. The van der Waals surface area contributed by atoms with E-state index in [4.69, 9.17) is 11.8 Å². The molecule has 0 radical (unpaired) electrons. The Bertz CT molecular complexity index is 76.4. The van der Waals surface area contributed by atoms with E-state index in [0.717, 1.165) is 0 Å². The summed E-state index contributed by atoms with van der Waals surface area (Å²) in [7, 11) is 0. The first-order valence-corrected chi connectivity index (χ1v) is 2.62. The van der Waals surface area contributed by atoms with Crippen molar-refractivity contribution in [1.82, 2.24) is 4.84 Å². The molecule has 4 heteroatoms. The van der Waals surface area contributed by atoms with Gasteiger partial charge in [0.2, 0.25) is 0 Å². The summed E-state index contributed by atoms with van der Waals surface area (Å²) in [5.41, 5.74) is 0. The van der Waals surface area contributed by atoms with Crippen LogP contribution in [0.3, 0.4) is 0 Å². The largest absolute Gasteiger partial charge is 0.464 e. The molecule has 0 aromatic heterocycles. The first-order valence-electron chi connectivity index (χ1n) is 2.24. The number of carbonyl (C=O) groups excluding carboxylic acids is 1. The highest BCUT2D eigenvalue weighted by atomic mass is 35.5. The van der Waals surface area contributed by atoms with E-state index >= 15 is 0 Å². The normalized spacial score (nSPS) is 8.75. The minimum atomic E-state index is -0.281. The lowest BCUT2D eigenvalue weighted by Crippen LogP contribution is -2.11. The van der Waals surface area contributed by atoms with Gasteiger partial charge in [-0.15, -0.1) is 0 Å². The average Bonchev–Trinajstić information content (AvgIpc) is 1.66. The Morgan fingerprint density at radius 3 is 2.88 bits per heavy atom. The van der Waals surface area contributed by atoms with Crippen molar-refractivity contribution >= 4 is 17.7 Å². The third-order valence-corrected chi connectivity index (χ3v) is 0.691. The second-order valence-electron chi connectivity index (χ2n) is 1.22. The van der Waals surface area contributed by atoms with Crippen LogP contribution in [-0.2, 0) is 9.53 Å². The summed E-state index contributed by atoms with van der Waals surface area (Å²) < 4.78 is 4.50. The van der Waals surface area contributed by atoms with Crippen LogP contribution in [0.5, 0.6) is 0 Å². The molecule has 0 aliphatic heterocycles. The van der Waals surface area contributed by atoms with Crippen molar-refractivity contribution in [3.05, 3.63) is 0 Å². The third-order valence-electron chi connectivity index (χ3n) is 0.502. The van der Waals surface area contributed by atoms with Crippen LogP contribution in [0.2, 0.25) is 0 Å². The smallest absolute Gasteiger partial charge is 0.302 e. The summed E-state index contributed by atoms with van der Waals surface area (Å²) in [4.78, 5) is 12.3. The van der Waals surface area contributed by atoms with E-state index in [2.05, 4.69) is 9.57 Å². The lowest BCUT2D eigenvalue weighted by atomic mass is 10.7. The molecule has 0 unspecified atom stereocenters. The van der Waals surface area contributed by atoms with Gasteiger partial charge in [0, 0.05) is 13.5 Å². The Kier molecular flexibility index (Phi) is 4.70. The number of ether oxygens (including phenoxy) is 1. The third kappa shape index (κ3) is 5.72. The molecule has 0 saturated carbocycles. The fraction of sp³-hybridized carbons (Fsp3) is 0.750. The number of carbonyl (C=O) groups is 1. The molecular formula is C4H8ClNO2. The maximum Gasteiger partial charge on any atom is 0.302 e. The zero-order chi connectivity index (χ0) is 6.41. The maximum atomic E-state index is 10.0. The molecule has 8 heavy (non-hydrogen) atoms. The first-order chi connectivity index (χ1) is 3.77. The Labute approximate surface area is 53.1 Å². The fourth-order valence-electron chi connectivity index (χ4n) is 0.233. The molecule has 1 N–H and O–H groups in total. The summed E-state index contributed by atoms with van der Waals surface area (Å²) in [6, 6.07) is 0. The van der Waals surface area contributed by atoms with Crippen LogP contribution in [0, 0.1) is 0 Å². The van der Waals surface area contributed by atoms with Gasteiger partial charge in [-0.2, -0.15) is 0 Å². The highest BCUT2D eigenvalue weighted by Crippen LogP contribution is 1.73. The Hall–Kier alpha value is -0.280. The monoisotopic (exact) mass is 137 g/mol. The fourth-order valence-corrected chi connectivity index (χ4v) is 0.310. The highest BCUT2D eigenvalue weighted by molar-refractivity contribution is 6.13. The highest BCUT2D eigenvalue weighted by Gasteiger charge is 1.88. The molecular weight excluding hydrogens is 130 g/mol. The number of esters is 1. The molecule has 0 heterocycles. The molecule has 0 bridgehead atoms. The lowest BCUT2D eigenvalue weighted by Gasteiger charge is -1.96. The van der Waals surface area contributed by atoms with Gasteiger partial charge in [0.25, 0.3) is 0 Å². The second-order valence-corrected chi connectivity index (χ2v) is 1.49. The molecule has 0 amide bonds. The van der Waals surface area contributed by atoms with Crippen molar-refractivity contribution < 1.29 is 9.53 Å². The zero-order valence-corrected chi connectivity index (χ0v) is 5.36. The van der Waals surface area contributed by atoms with Crippen LogP contribution >= 0.6 is 11.8 Å². The van der Waals surface area contributed by atoms with Gasteiger partial charge in [-0.05, 0) is 11.8 Å². The van der Waals surface area contributed by atoms with Gasteiger partial charge in [-0.3, -0.25) is 4.79 Å². The summed E-state index contributed by atoms with van der Waals surface area (Å²) in [6.07, 6.45) is 0.